The van der Waals surface area contributed by atoms with E-state index in [4.69, 9.17) is 25.5 Å². The number of hydrogen-bond donors (Lipinski definition) is 0. The predicted molar refractivity (Wildman–Crippen MR) is 143 cm³/mol. The van der Waals surface area contributed by atoms with Crippen molar-refractivity contribution in [1.82, 2.24) is 14.8 Å². The third kappa shape index (κ3) is 5.81. The molecule has 2 aliphatic carbocycles. The number of nitrogens with zero attached hydrogens (tertiary/aromatic N) is 3. The Hall–Kier alpha value is -1.90. The molecule has 1 spiro atoms. The van der Waals surface area contributed by atoms with E-state index in [2.05, 4.69) is 43.9 Å². The van der Waals surface area contributed by atoms with Crippen LogP contribution in [0.5, 0.6) is 5.88 Å². The Balaban J connectivity index is 1.44. The number of esters is 1. The molecule has 0 radical (unpaired) electrons. The van der Waals surface area contributed by atoms with Gasteiger partial charge in [0.1, 0.15) is 17.4 Å². The summed E-state index contributed by atoms with van der Waals surface area (Å²) in [7, 11) is -1.94. The number of carbonyl (C=O) groups excluding carboxylic acids is 1. The Kier molecular flexibility index (Phi) is 7.12. The molecule has 0 saturated heterocycles. The maximum Gasteiger partial charge on any atom is 0.341 e. The first-order valence-corrected chi connectivity index (χ1v) is 16.2. The lowest BCUT2D eigenvalue weighted by Crippen LogP contribution is -2.51. The standard InChI is InChI=1S/C27H40ClN3O4Si/c1-25(2,3)34-24(32)18-9-10-21(29-23(18)28)31-16-12-22(30-31)33-17-20(19-11-13-27(19)14-15-27)35-36(7,8)26(4,5)6/h9-10,12,16,19-20H,11,13-15,17H2,1-8H3. The quantitative estimate of drug-likeness (QED) is 0.210. The zero-order valence-corrected chi connectivity index (χ0v) is 24.6. The second-order valence-corrected chi connectivity index (χ2v) is 18.0. The summed E-state index contributed by atoms with van der Waals surface area (Å²) in [6.45, 7) is 17.4. The van der Waals surface area contributed by atoms with Crippen molar-refractivity contribution in [3.8, 4) is 11.7 Å². The van der Waals surface area contributed by atoms with Gasteiger partial charge in [-0.1, -0.05) is 32.4 Å². The van der Waals surface area contributed by atoms with E-state index in [-0.39, 0.29) is 21.9 Å². The van der Waals surface area contributed by atoms with Crippen molar-refractivity contribution in [3.63, 3.8) is 0 Å². The molecule has 4 rings (SSSR count). The molecule has 2 aromatic heterocycles. The first-order chi connectivity index (χ1) is 16.6. The molecule has 7 nitrogen and oxygen atoms in total. The molecule has 36 heavy (non-hydrogen) atoms. The van der Waals surface area contributed by atoms with Gasteiger partial charge in [0.05, 0.1) is 11.7 Å². The molecule has 0 bridgehead atoms. The number of carbonyl (C=O) groups is 1. The molecule has 0 N–H and O–H groups in total. The van der Waals surface area contributed by atoms with Crippen LogP contribution in [0.1, 0.15) is 77.6 Å². The van der Waals surface area contributed by atoms with Gasteiger partial charge in [0.2, 0.25) is 5.88 Å². The molecule has 198 valence electrons. The molecular weight excluding hydrogens is 494 g/mol. The van der Waals surface area contributed by atoms with Gasteiger partial charge in [-0.2, -0.15) is 0 Å². The molecule has 2 heterocycles. The summed E-state index contributed by atoms with van der Waals surface area (Å²) in [5.41, 5.74) is 0.101. The van der Waals surface area contributed by atoms with Crippen molar-refractivity contribution in [2.75, 3.05) is 6.61 Å². The Morgan fingerprint density at radius 2 is 1.86 bits per heavy atom. The molecule has 2 fully saturated rings. The SMILES string of the molecule is CC(C)(C)OC(=O)c1ccc(-n2ccc(OCC(O[Si](C)(C)C(C)(C)C)C3CCC34CC4)n2)nc1Cl. The molecule has 0 amide bonds. The number of pyridine rings is 1. The fourth-order valence-corrected chi connectivity index (χ4v) is 6.15. The molecular formula is C27H40ClN3O4Si. The number of rotatable bonds is 8. The monoisotopic (exact) mass is 533 g/mol. The summed E-state index contributed by atoms with van der Waals surface area (Å²) in [6, 6.07) is 5.11. The van der Waals surface area contributed by atoms with E-state index in [1.807, 2.05) is 26.8 Å². The van der Waals surface area contributed by atoms with Crippen LogP contribution in [0, 0.1) is 11.3 Å². The average Bonchev–Trinajstić information content (AvgIpc) is 3.43. The van der Waals surface area contributed by atoms with Crippen molar-refractivity contribution >= 4 is 25.9 Å². The zero-order valence-electron chi connectivity index (χ0n) is 22.9. The van der Waals surface area contributed by atoms with Crippen LogP contribution in [0.2, 0.25) is 23.3 Å². The normalized spacial score (nSPS) is 20.1. The lowest BCUT2D eigenvalue weighted by molar-refractivity contribution is -0.0192. The van der Waals surface area contributed by atoms with E-state index in [0.29, 0.717) is 29.6 Å². The molecule has 2 atom stereocenters. The lowest BCUT2D eigenvalue weighted by atomic mass is 9.67. The highest BCUT2D eigenvalue weighted by Gasteiger charge is 2.59. The van der Waals surface area contributed by atoms with Gasteiger partial charge in [0, 0.05) is 12.3 Å². The van der Waals surface area contributed by atoms with Crippen LogP contribution in [0.15, 0.2) is 24.4 Å². The minimum atomic E-state index is -1.94. The van der Waals surface area contributed by atoms with Gasteiger partial charge in [-0.3, -0.25) is 0 Å². The van der Waals surface area contributed by atoms with Crippen LogP contribution >= 0.6 is 11.6 Å². The number of ether oxygens (including phenoxy) is 2. The van der Waals surface area contributed by atoms with Crippen molar-refractivity contribution in [2.24, 2.45) is 11.3 Å². The van der Waals surface area contributed by atoms with E-state index in [9.17, 15) is 4.79 Å². The molecule has 2 unspecified atom stereocenters. The third-order valence-corrected chi connectivity index (χ3v) is 12.8. The zero-order chi connectivity index (χ0) is 26.5. The van der Waals surface area contributed by atoms with E-state index in [0.717, 1.165) is 0 Å². The van der Waals surface area contributed by atoms with Crippen molar-refractivity contribution in [2.45, 2.75) is 97.1 Å². The van der Waals surface area contributed by atoms with Crippen molar-refractivity contribution in [1.29, 1.82) is 0 Å². The fraction of sp³-hybridized carbons (Fsp3) is 0.667. The van der Waals surface area contributed by atoms with Crippen LogP contribution in [-0.2, 0) is 9.16 Å². The molecule has 9 heteroatoms. The largest absolute Gasteiger partial charge is 0.474 e. The Labute approximate surface area is 221 Å². The van der Waals surface area contributed by atoms with E-state index in [1.54, 1.807) is 23.0 Å². The molecule has 2 aliphatic rings. The fourth-order valence-electron chi connectivity index (χ4n) is 4.59. The maximum absolute atomic E-state index is 12.4. The van der Waals surface area contributed by atoms with Crippen LogP contribution in [0.3, 0.4) is 0 Å². The highest BCUT2D eigenvalue weighted by atomic mass is 35.5. The second kappa shape index (κ2) is 9.44. The number of aromatic nitrogens is 3. The first-order valence-electron chi connectivity index (χ1n) is 12.9. The predicted octanol–water partition coefficient (Wildman–Crippen LogP) is 6.84. The van der Waals surface area contributed by atoms with Gasteiger partial charge in [0.25, 0.3) is 0 Å². The average molecular weight is 534 g/mol. The van der Waals surface area contributed by atoms with Crippen LogP contribution in [0.25, 0.3) is 5.82 Å². The summed E-state index contributed by atoms with van der Waals surface area (Å²) in [6.07, 6.45) is 7.01. The van der Waals surface area contributed by atoms with Gasteiger partial charge in [-0.25, -0.2) is 14.5 Å². The molecule has 0 aliphatic heterocycles. The lowest BCUT2D eigenvalue weighted by Gasteiger charge is -2.47. The minimum absolute atomic E-state index is 0.0715. The summed E-state index contributed by atoms with van der Waals surface area (Å²) < 4.78 is 20.1. The molecule has 0 aromatic carbocycles. The Morgan fingerprint density at radius 3 is 2.39 bits per heavy atom. The van der Waals surface area contributed by atoms with Gasteiger partial charge in [-0.05, 0) is 88.1 Å². The van der Waals surface area contributed by atoms with E-state index >= 15 is 0 Å². The molecule has 2 aromatic rings. The van der Waals surface area contributed by atoms with E-state index in [1.165, 1.54) is 25.7 Å². The van der Waals surface area contributed by atoms with Gasteiger partial charge in [-0.15, -0.1) is 5.10 Å². The summed E-state index contributed by atoms with van der Waals surface area (Å²) >= 11 is 6.30. The topological polar surface area (TPSA) is 75.5 Å². The van der Waals surface area contributed by atoms with Gasteiger partial charge >= 0.3 is 5.97 Å². The van der Waals surface area contributed by atoms with Gasteiger partial charge in [0.15, 0.2) is 14.1 Å². The number of halogens is 1. The summed E-state index contributed by atoms with van der Waals surface area (Å²) in [4.78, 5) is 16.7. The minimum Gasteiger partial charge on any atom is -0.474 e. The highest BCUT2D eigenvalue weighted by molar-refractivity contribution is 6.74. The Bertz CT molecular complexity index is 1110. The van der Waals surface area contributed by atoms with Crippen molar-refractivity contribution < 1.29 is 18.7 Å². The third-order valence-electron chi connectivity index (χ3n) is 7.98. The smallest absolute Gasteiger partial charge is 0.341 e. The van der Waals surface area contributed by atoms with Gasteiger partial charge < -0.3 is 13.9 Å². The van der Waals surface area contributed by atoms with Crippen molar-refractivity contribution in [3.05, 3.63) is 35.1 Å². The summed E-state index contributed by atoms with van der Waals surface area (Å²) in [5, 5.41) is 4.75. The van der Waals surface area contributed by atoms with Crippen LogP contribution in [0.4, 0.5) is 0 Å². The highest BCUT2D eigenvalue weighted by Crippen LogP contribution is 2.66. The number of hydrogen-bond acceptors (Lipinski definition) is 6. The maximum atomic E-state index is 12.4. The first kappa shape index (κ1) is 27.1. The molecule has 2 saturated carbocycles. The summed E-state index contributed by atoms with van der Waals surface area (Å²) in [5.74, 6) is 1.06. The second-order valence-electron chi connectivity index (χ2n) is 12.8. The van der Waals surface area contributed by atoms with Crippen LogP contribution in [-0.4, -0.2) is 47.4 Å². The van der Waals surface area contributed by atoms with E-state index < -0.39 is 19.9 Å². The van der Waals surface area contributed by atoms with Crippen LogP contribution < -0.4 is 4.74 Å². The Morgan fingerprint density at radius 1 is 1.17 bits per heavy atom.